The summed E-state index contributed by atoms with van der Waals surface area (Å²) in [5.41, 5.74) is 12.8. The summed E-state index contributed by atoms with van der Waals surface area (Å²) < 4.78 is 8.14. The van der Waals surface area contributed by atoms with Gasteiger partial charge in [-0.15, -0.1) is 68.0 Å². The lowest BCUT2D eigenvalue weighted by molar-refractivity contribution is 1.61. The Balaban J connectivity index is 0.764. The van der Waals surface area contributed by atoms with Gasteiger partial charge in [0.25, 0.3) is 0 Å². The van der Waals surface area contributed by atoms with Crippen molar-refractivity contribution in [2.75, 3.05) is 0 Å². The Morgan fingerprint density at radius 1 is 0.268 bits per heavy atom. The van der Waals surface area contributed by atoms with Crippen molar-refractivity contribution in [2.45, 2.75) is 0 Å². The van der Waals surface area contributed by atoms with Crippen molar-refractivity contribution in [3.05, 3.63) is 167 Å². The second kappa shape index (κ2) is 13.2. The zero-order chi connectivity index (χ0) is 36.7. The van der Waals surface area contributed by atoms with Crippen LogP contribution in [0.1, 0.15) is 0 Å². The van der Waals surface area contributed by atoms with Crippen LogP contribution in [-0.4, -0.2) is 0 Å². The van der Waals surface area contributed by atoms with Crippen LogP contribution in [0.4, 0.5) is 0 Å². The molecule has 0 amide bonds. The summed E-state index contributed by atoms with van der Waals surface area (Å²) >= 11 is 11.1. The van der Waals surface area contributed by atoms with Gasteiger partial charge in [-0.05, 0) is 125 Å². The Morgan fingerprint density at radius 3 is 1.00 bits per heavy atom. The zero-order valence-corrected chi connectivity index (χ0v) is 34.5. The fourth-order valence-electron chi connectivity index (χ4n) is 8.08. The topological polar surface area (TPSA) is 0 Å². The Hall–Kier alpha value is -5.18. The average molecular weight is 821 g/mol. The number of hydrogen-bond donors (Lipinski definition) is 0. The molecule has 0 spiro atoms. The molecule has 0 saturated carbocycles. The quantitative estimate of drug-likeness (QED) is 0.157. The molecule has 0 bridgehead atoms. The summed E-state index contributed by atoms with van der Waals surface area (Å²) in [7, 11) is 0. The second-order valence-corrected chi connectivity index (χ2v) is 20.0. The van der Waals surface area contributed by atoms with Gasteiger partial charge in [-0.2, -0.15) is 0 Å². The fraction of sp³-hybridized carbons (Fsp3) is 0. The van der Waals surface area contributed by atoms with Crippen molar-refractivity contribution in [3.63, 3.8) is 0 Å². The van der Waals surface area contributed by atoms with E-state index in [4.69, 9.17) is 0 Å². The van der Waals surface area contributed by atoms with Crippen LogP contribution in [0.2, 0.25) is 0 Å². The first kappa shape index (κ1) is 33.0. The van der Waals surface area contributed by atoms with Crippen LogP contribution in [0.15, 0.2) is 167 Å². The van der Waals surface area contributed by atoms with Gasteiger partial charge in [0.15, 0.2) is 0 Å². The molecule has 0 atom stereocenters. The first-order valence-corrected chi connectivity index (χ1v) is 23.6. The standard InChI is InChI=1S/C50H28S6/c1-9-33(10-2-29(1)31-5-13-35(14-6-31)47-39-19-23-51-43(39)25-37-17-21-53-49(37)47)41-27-45-46(55-41)28-42(56-45)34-11-3-30(4-12-34)32-7-15-36(16-8-32)48-40-20-24-52-44(40)26-38-18-22-54-50(38)48/h1-28H. The Bertz CT molecular complexity index is 3020. The second-order valence-electron chi connectivity index (χ2n) is 14.1. The third-order valence-electron chi connectivity index (χ3n) is 10.9. The van der Waals surface area contributed by atoms with Crippen molar-refractivity contribution in [1.82, 2.24) is 0 Å². The lowest BCUT2D eigenvalue weighted by atomic mass is 9.97. The van der Waals surface area contributed by atoms with Crippen molar-refractivity contribution in [2.24, 2.45) is 0 Å². The molecule has 6 heteroatoms. The Morgan fingerprint density at radius 2 is 0.607 bits per heavy atom. The highest BCUT2D eigenvalue weighted by molar-refractivity contribution is 7.31. The van der Waals surface area contributed by atoms with E-state index in [2.05, 4.69) is 167 Å². The average Bonchev–Trinajstić information content (AvgIpc) is 4.10. The van der Waals surface area contributed by atoms with Crippen LogP contribution < -0.4 is 0 Å². The molecule has 56 heavy (non-hydrogen) atoms. The highest BCUT2D eigenvalue weighted by atomic mass is 32.1. The molecule has 0 N–H and O–H groups in total. The molecule has 0 radical (unpaired) electrons. The SMILES string of the molecule is c1cc2c(-c3ccc(-c4ccc(-c5cc6sc(-c7ccc(-c8ccc(-c9c%10ccsc%10cc%10ccsc9%10)cc8)cc7)cc6s5)cc4)cc3)c3sccc3cc2s1. The van der Waals surface area contributed by atoms with E-state index in [1.54, 1.807) is 0 Å². The van der Waals surface area contributed by atoms with Crippen LogP contribution in [-0.2, 0) is 0 Å². The molecule has 0 aliphatic carbocycles. The summed E-state index contributed by atoms with van der Waals surface area (Å²) in [5, 5.41) is 14.2. The van der Waals surface area contributed by atoms with Crippen molar-refractivity contribution in [3.8, 4) is 65.4 Å². The summed E-state index contributed by atoms with van der Waals surface area (Å²) in [6.45, 7) is 0. The van der Waals surface area contributed by atoms with Gasteiger partial charge >= 0.3 is 0 Å². The maximum atomic E-state index is 2.37. The van der Waals surface area contributed by atoms with Gasteiger partial charge in [-0.25, -0.2) is 0 Å². The predicted octanol–water partition coefficient (Wildman–Crippen LogP) is 17.8. The van der Waals surface area contributed by atoms with E-state index in [9.17, 15) is 0 Å². The molecule has 0 aliphatic rings. The number of hydrogen-bond acceptors (Lipinski definition) is 6. The molecular weight excluding hydrogens is 793 g/mol. The normalized spacial score (nSPS) is 11.9. The van der Waals surface area contributed by atoms with E-state index in [-0.39, 0.29) is 0 Å². The molecular formula is C50H28S6. The molecule has 0 saturated heterocycles. The maximum absolute atomic E-state index is 2.37. The monoisotopic (exact) mass is 820 g/mol. The van der Waals surface area contributed by atoms with Crippen molar-refractivity contribution < 1.29 is 0 Å². The number of rotatable bonds is 6. The fourth-order valence-corrected chi connectivity index (χ4v) is 14.1. The third kappa shape index (κ3) is 5.47. The minimum Gasteiger partial charge on any atom is -0.144 e. The molecule has 264 valence electrons. The Kier molecular flexibility index (Phi) is 7.78. The molecule has 6 aromatic heterocycles. The van der Waals surface area contributed by atoms with Gasteiger partial charge in [0.1, 0.15) is 0 Å². The van der Waals surface area contributed by atoms with Gasteiger partial charge in [0, 0.05) is 59.9 Å². The highest BCUT2D eigenvalue weighted by Crippen LogP contribution is 2.45. The predicted molar refractivity (Wildman–Crippen MR) is 254 cm³/mol. The van der Waals surface area contributed by atoms with E-state index < -0.39 is 0 Å². The molecule has 6 aromatic carbocycles. The van der Waals surface area contributed by atoms with Crippen molar-refractivity contribution >= 4 is 118 Å². The van der Waals surface area contributed by atoms with Crippen LogP contribution in [0.25, 0.3) is 115 Å². The molecule has 12 rings (SSSR count). The highest BCUT2D eigenvalue weighted by Gasteiger charge is 2.15. The molecule has 6 heterocycles. The van der Waals surface area contributed by atoms with Crippen LogP contribution in [0.5, 0.6) is 0 Å². The van der Waals surface area contributed by atoms with E-state index in [0.717, 1.165) is 0 Å². The molecule has 0 nitrogen and oxygen atoms in total. The van der Waals surface area contributed by atoms with Gasteiger partial charge in [0.2, 0.25) is 0 Å². The summed E-state index contributed by atoms with van der Waals surface area (Å²) in [6.07, 6.45) is 0. The van der Waals surface area contributed by atoms with Gasteiger partial charge in [-0.1, -0.05) is 97.1 Å². The minimum atomic E-state index is 1.24. The van der Waals surface area contributed by atoms with E-state index in [1.165, 1.54) is 115 Å². The van der Waals surface area contributed by atoms with Crippen LogP contribution >= 0.6 is 68.0 Å². The van der Waals surface area contributed by atoms with Gasteiger partial charge in [-0.3, -0.25) is 0 Å². The first-order valence-electron chi connectivity index (χ1n) is 18.4. The maximum Gasteiger partial charge on any atom is 0.0463 e. The smallest absolute Gasteiger partial charge is 0.0463 e. The van der Waals surface area contributed by atoms with Gasteiger partial charge in [0.05, 0.1) is 0 Å². The number of fused-ring (bicyclic) bond motifs is 5. The van der Waals surface area contributed by atoms with E-state index >= 15 is 0 Å². The van der Waals surface area contributed by atoms with Crippen LogP contribution in [0, 0.1) is 0 Å². The van der Waals surface area contributed by atoms with Crippen LogP contribution in [0.3, 0.4) is 0 Å². The van der Waals surface area contributed by atoms with E-state index in [0.29, 0.717) is 0 Å². The summed E-state index contributed by atoms with van der Waals surface area (Å²) in [6, 6.07) is 54.8. The summed E-state index contributed by atoms with van der Waals surface area (Å²) in [5.74, 6) is 0. The summed E-state index contributed by atoms with van der Waals surface area (Å²) in [4.78, 5) is 2.63. The van der Waals surface area contributed by atoms with Crippen molar-refractivity contribution in [1.29, 1.82) is 0 Å². The zero-order valence-electron chi connectivity index (χ0n) is 29.6. The number of benzene rings is 6. The molecule has 0 aliphatic heterocycles. The molecule has 12 aromatic rings. The third-order valence-corrected chi connectivity index (χ3v) is 16.9. The first-order chi connectivity index (χ1) is 27.7. The molecule has 0 unspecified atom stereocenters. The lowest BCUT2D eigenvalue weighted by Crippen LogP contribution is -1.83. The minimum absolute atomic E-state index is 1.24. The Labute approximate surface area is 347 Å². The largest absolute Gasteiger partial charge is 0.144 e. The lowest BCUT2D eigenvalue weighted by Gasteiger charge is -2.09. The van der Waals surface area contributed by atoms with Gasteiger partial charge < -0.3 is 0 Å². The molecule has 0 fully saturated rings. The number of thiophene rings is 6. The van der Waals surface area contributed by atoms with E-state index in [1.807, 2.05) is 68.0 Å².